The molecule has 0 amide bonds. The van der Waals surface area contributed by atoms with Crippen LogP contribution in [-0.2, 0) is 4.57 Å². The van der Waals surface area contributed by atoms with Gasteiger partial charge in [-0.2, -0.15) is 0 Å². The zero-order valence-electron chi connectivity index (χ0n) is 5.71. The molecule has 0 atom stereocenters. The SMILES string of the molecule is N/C(=N\P(=O)(O)O)N1[CH]CC1. The van der Waals surface area contributed by atoms with Crippen LogP contribution in [0.1, 0.15) is 6.42 Å². The number of hydrogen-bond acceptors (Lipinski definition) is 1. The molecule has 7 heteroatoms. The molecule has 0 bridgehead atoms. The minimum atomic E-state index is -4.35. The van der Waals surface area contributed by atoms with Crippen molar-refractivity contribution in [1.82, 2.24) is 4.90 Å². The van der Waals surface area contributed by atoms with E-state index in [1.54, 1.807) is 6.54 Å². The van der Waals surface area contributed by atoms with E-state index in [2.05, 4.69) is 4.76 Å². The van der Waals surface area contributed by atoms with Gasteiger partial charge in [0.2, 0.25) is 5.96 Å². The Labute approximate surface area is 63.9 Å². The van der Waals surface area contributed by atoms with E-state index in [-0.39, 0.29) is 5.96 Å². The van der Waals surface area contributed by atoms with Gasteiger partial charge in [0.15, 0.2) is 0 Å². The summed E-state index contributed by atoms with van der Waals surface area (Å²) in [6.45, 7) is 2.39. The standard InChI is InChI=1S/C4H9N3O3P/c5-4(6-11(8,9)10)7-2-1-3-7/h2H,1,3H2,(H4,5,6,8,9,10). The lowest BCUT2D eigenvalue weighted by Crippen LogP contribution is -2.42. The van der Waals surface area contributed by atoms with E-state index < -0.39 is 7.75 Å². The normalized spacial score (nSPS) is 19.8. The van der Waals surface area contributed by atoms with Crippen molar-refractivity contribution < 1.29 is 14.4 Å². The minimum Gasteiger partial charge on any atom is -0.369 e. The van der Waals surface area contributed by atoms with Crippen molar-refractivity contribution in [3.63, 3.8) is 0 Å². The molecule has 4 N–H and O–H groups in total. The average Bonchev–Trinajstić information content (AvgIpc) is 1.50. The fraction of sp³-hybridized carbons (Fsp3) is 0.500. The number of nitrogens with zero attached hydrogens (tertiary/aromatic N) is 2. The second kappa shape index (κ2) is 2.81. The van der Waals surface area contributed by atoms with E-state index in [4.69, 9.17) is 15.5 Å². The Balaban J connectivity index is 2.58. The smallest absolute Gasteiger partial charge is 0.369 e. The zero-order valence-corrected chi connectivity index (χ0v) is 6.61. The molecule has 0 spiro atoms. The fourth-order valence-corrected chi connectivity index (χ4v) is 1.04. The first-order chi connectivity index (χ1) is 4.99. The Morgan fingerprint density at radius 1 is 1.73 bits per heavy atom. The molecule has 0 saturated carbocycles. The third-order valence-corrected chi connectivity index (χ3v) is 1.71. The van der Waals surface area contributed by atoms with Crippen LogP contribution in [0, 0.1) is 6.54 Å². The van der Waals surface area contributed by atoms with Gasteiger partial charge in [0.05, 0.1) is 6.54 Å². The Bertz CT molecular complexity index is 219. The van der Waals surface area contributed by atoms with Crippen molar-refractivity contribution >= 4 is 13.7 Å². The van der Waals surface area contributed by atoms with Crippen LogP contribution in [0.3, 0.4) is 0 Å². The number of guanidine groups is 1. The highest BCUT2D eigenvalue weighted by atomic mass is 31.2. The first-order valence-corrected chi connectivity index (χ1v) is 4.57. The highest BCUT2D eigenvalue weighted by Gasteiger charge is 2.20. The van der Waals surface area contributed by atoms with Gasteiger partial charge >= 0.3 is 7.75 Å². The van der Waals surface area contributed by atoms with Crippen LogP contribution in [0.2, 0.25) is 0 Å². The summed E-state index contributed by atoms with van der Waals surface area (Å²) in [5.74, 6) is -0.121. The van der Waals surface area contributed by atoms with Crippen molar-refractivity contribution in [2.75, 3.05) is 6.54 Å². The topological polar surface area (TPSA) is 99.1 Å². The van der Waals surface area contributed by atoms with E-state index in [9.17, 15) is 4.57 Å². The summed E-state index contributed by atoms with van der Waals surface area (Å²) in [5, 5.41) is 0. The molecule has 1 aliphatic heterocycles. The first kappa shape index (κ1) is 8.52. The quantitative estimate of drug-likeness (QED) is 0.279. The Kier molecular flexibility index (Phi) is 2.17. The predicted molar refractivity (Wildman–Crippen MR) is 39.3 cm³/mol. The maximum absolute atomic E-state index is 10.3. The van der Waals surface area contributed by atoms with Crippen LogP contribution in [0.5, 0.6) is 0 Å². The van der Waals surface area contributed by atoms with Gasteiger partial charge in [0, 0.05) is 6.54 Å². The van der Waals surface area contributed by atoms with Gasteiger partial charge in [0.25, 0.3) is 0 Å². The lowest BCUT2D eigenvalue weighted by molar-refractivity contribution is 0.361. The molecule has 1 saturated heterocycles. The summed E-state index contributed by atoms with van der Waals surface area (Å²) < 4.78 is 13.3. The average molecular weight is 178 g/mol. The van der Waals surface area contributed by atoms with Crippen LogP contribution in [-0.4, -0.2) is 27.2 Å². The Hall–Kier alpha value is -0.580. The van der Waals surface area contributed by atoms with Crippen molar-refractivity contribution in [2.24, 2.45) is 10.5 Å². The molecule has 1 aliphatic rings. The van der Waals surface area contributed by atoms with E-state index in [1.807, 2.05) is 0 Å². The molecular weight excluding hydrogens is 169 g/mol. The summed E-state index contributed by atoms with van der Waals surface area (Å²) in [6.07, 6.45) is 0.872. The van der Waals surface area contributed by atoms with E-state index in [0.29, 0.717) is 6.54 Å². The lowest BCUT2D eigenvalue weighted by Gasteiger charge is -2.30. The third-order valence-electron chi connectivity index (χ3n) is 1.25. The molecule has 0 aromatic carbocycles. The first-order valence-electron chi connectivity index (χ1n) is 3.00. The second-order valence-corrected chi connectivity index (χ2v) is 3.36. The number of nitrogens with two attached hydrogens (primary N) is 1. The van der Waals surface area contributed by atoms with Crippen molar-refractivity contribution in [1.29, 1.82) is 0 Å². The Morgan fingerprint density at radius 3 is 2.55 bits per heavy atom. The van der Waals surface area contributed by atoms with E-state index in [1.165, 1.54) is 4.90 Å². The van der Waals surface area contributed by atoms with Gasteiger partial charge < -0.3 is 20.4 Å². The molecule has 0 aliphatic carbocycles. The van der Waals surface area contributed by atoms with Gasteiger partial charge in [-0.1, -0.05) is 0 Å². The molecule has 1 rings (SSSR count). The van der Waals surface area contributed by atoms with Crippen molar-refractivity contribution in [3.05, 3.63) is 6.54 Å². The van der Waals surface area contributed by atoms with E-state index >= 15 is 0 Å². The van der Waals surface area contributed by atoms with Crippen LogP contribution in [0.25, 0.3) is 0 Å². The monoisotopic (exact) mass is 178 g/mol. The van der Waals surface area contributed by atoms with Crippen molar-refractivity contribution in [2.45, 2.75) is 6.42 Å². The number of likely N-dealkylation sites (tertiary alicyclic amines) is 1. The summed E-state index contributed by atoms with van der Waals surface area (Å²) in [4.78, 5) is 18.2. The maximum Gasteiger partial charge on any atom is 0.451 e. The van der Waals surface area contributed by atoms with Crippen LogP contribution < -0.4 is 5.73 Å². The van der Waals surface area contributed by atoms with Crippen LogP contribution in [0.15, 0.2) is 4.76 Å². The van der Waals surface area contributed by atoms with E-state index in [0.717, 1.165) is 6.42 Å². The van der Waals surface area contributed by atoms with Gasteiger partial charge in [-0.25, -0.2) is 4.57 Å². The van der Waals surface area contributed by atoms with Crippen LogP contribution >= 0.6 is 7.75 Å². The second-order valence-electron chi connectivity index (χ2n) is 2.14. The van der Waals surface area contributed by atoms with Gasteiger partial charge in [-0.05, 0) is 6.42 Å². The summed E-state index contributed by atoms with van der Waals surface area (Å²) in [6, 6.07) is 0. The third kappa shape index (κ3) is 2.49. The van der Waals surface area contributed by atoms with Gasteiger partial charge in [0.1, 0.15) is 0 Å². The molecule has 11 heavy (non-hydrogen) atoms. The minimum absolute atomic E-state index is 0.121. The molecule has 0 aromatic rings. The zero-order chi connectivity index (χ0) is 8.48. The highest BCUT2D eigenvalue weighted by Crippen LogP contribution is 2.36. The van der Waals surface area contributed by atoms with Crippen LogP contribution in [0.4, 0.5) is 0 Å². The molecule has 6 nitrogen and oxygen atoms in total. The molecule has 63 valence electrons. The largest absolute Gasteiger partial charge is 0.451 e. The van der Waals surface area contributed by atoms with Gasteiger partial charge in [-0.15, -0.1) is 4.76 Å². The fourth-order valence-electron chi connectivity index (χ4n) is 0.657. The molecule has 0 unspecified atom stereocenters. The highest BCUT2D eigenvalue weighted by molar-refractivity contribution is 7.50. The predicted octanol–water partition coefficient (Wildman–Crippen LogP) is -0.739. The van der Waals surface area contributed by atoms with Gasteiger partial charge in [-0.3, -0.25) is 0 Å². The summed E-state index contributed by atoms with van der Waals surface area (Å²) in [5.41, 5.74) is 5.22. The number of rotatable bonds is 1. The Morgan fingerprint density at radius 2 is 2.27 bits per heavy atom. The molecule has 0 aromatic heterocycles. The summed E-state index contributed by atoms with van der Waals surface area (Å²) >= 11 is 0. The maximum atomic E-state index is 10.3. The molecule has 1 fully saturated rings. The molecule has 1 heterocycles. The van der Waals surface area contributed by atoms with Crippen molar-refractivity contribution in [3.8, 4) is 0 Å². The molecular formula is C4H9N3O3P. The molecule has 1 radical (unpaired) electrons. The lowest BCUT2D eigenvalue weighted by atomic mass is 10.2. The summed E-state index contributed by atoms with van der Waals surface area (Å²) in [7, 11) is -4.35. The number of hydrogen-bond donors (Lipinski definition) is 3.